The van der Waals surface area contributed by atoms with E-state index in [1.807, 2.05) is 0 Å². The van der Waals surface area contributed by atoms with E-state index in [4.69, 9.17) is 8.61 Å². The van der Waals surface area contributed by atoms with E-state index < -0.39 is 18.4 Å². The minimum atomic E-state index is -3.37. The Kier molecular flexibility index (Phi) is 8.43. The van der Waals surface area contributed by atoms with Crippen LogP contribution >= 0.6 is 0 Å². The van der Waals surface area contributed by atoms with Crippen molar-refractivity contribution in [3.8, 4) is 0 Å². The largest absolute Gasteiger partial charge is 0.416 e. The van der Waals surface area contributed by atoms with Crippen LogP contribution in [0.4, 0.5) is 0 Å². The van der Waals surface area contributed by atoms with Gasteiger partial charge >= 0.3 is 0 Å². The highest BCUT2D eigenvalue weighted by Crippen LogP contribution is 2.24. The average molecular weight is 311 g/mol. The van der Waals surface area contributed by atoms with Gasteiger partial charge in [0, 0.05) is 12.5 Å². The highest BCUT2D eigenvalue weighted by atomic mass is 32.2. The summed E-state index contributed by atoms with van der Waals surface area (Å²) < 4.78 is 33.3. The van der Waals surface area contributed by atoms with E-state index in [1.165, 1.54) is 0 Å². The molecule has 0 saturated carbocycles. The summed E-state index contributed by atoms with van der Waals surface area (Å²) in [6, 6.07) is 3.33. The Bertz CT molecular complexity index is 328. The van der Waals surface area contributed by atoms with Crippen LogP contribution in [0.1, 0.15) is 34.6 Å². The Morgan fingerprint density at radius 2 is 1.47 bits per heavy atom. The van der Waals surface area contributed by atoms with Crippen molar-refractivity contribution in [2.75, 3.05) is 19.5 Å². The van der Waals surface area contributed by atoms with E-state index >= 15 is 0 Å². The molecule has 0 aromatic rings. The van der Waals surface area contributed by atoms with Gasteiger partial charge in [-0.05, 0) is 24.1 Å². The lowest BCUT2D eigenvalue weighted by atomic mass is 9.98. The van der Waals surface area contributed by atoms with Gasteiger partial charge in [0.2, 0.25) is 0 Å². The third-order valence-corrected chi connectivity index (χ3v) is 9.18. The predicted octanol–water partition coefficient (Wildman–Crippen LogP) is 3.26. The van der Waals surface area contributed by atoms with Gasteiger partial charge in [-0.3, -0.25) is 4.18 Å². The Balaban J connectivity index is 4.51. The molecule has 0 fully saturated rings. The SMILES string of the molecule is CC[Si](CC)(CC)OCC(COS(C)(=O)=O)C(C)C. The quantitative estimate of drug-likeness (QED) is 0.459. The Labute approximate surface area is 120 Å². The molecule has 0 bridgehead atoms. The van der Waals surface area contributed by atoms with Crippen LogP contribution < -0.4 is 0 Å². The molecule has 0 spiro atoms. The zero-order chi connectivity index (χ0) is 15.1. The molecule has 0 saturated heterocycles. The molecule has 0 N–H and O–H groups in total. The summed E-state index contributed by atoms with van der Waals surface area (Å²) in [6.45, 7) is 11.6. The molecule has 0 heterocycles. The maximum atomic E-state index is 11.1. The van der Waals surface area contributed by atoms with Crippen LogP contribution in [0, 0.1) is 11.8 Å². The minimum Gasteiger partial charge on any atom is -0.416 e. The lowest BCUT2D eigenvalue weighted by Crippen LogP contribution is -2.39. The molecule has 116 valence electrons. The first-order valence-electron chi connectivity index (χ1n) is 7.18. The van der Waals surface area contributed by atoms with Crippen molar-refractivity contribution < 1.29 is 17.0 Å². The van der Waals surface area contributed by atoms with Crippen molar-refractivity contribution in [1.82, 2.24) is 0 Å². The van der Waals surface area contributed by atoms with Gasteiger partial charge in [-0.25, -0.2) is 0 Å². The van der Waals surface area contributed by atoms with Gasteiger partial charge in [-0.15, -0.1) is 0 Å². The molecular formula is C13H30O4SSi. The maximum Gasteiger partial charge on any atom is 0.264 e. The fourth-order valence-electron chi connectivity index (χ4n) is 1.98. The van der Waals surface area contributed by atoms with Crippen LogP contribution in [0.25, 0.3) is 0 Å². The van der Waals surface area contributed by atoms with Gasteiger partial charge in [0.25, 0.3) is 10.1 Å². The second kappa shape index (κ2) is 8.39. The summed E-state index contributed by atoms with van der Waals surface area (Å²) in [5, 5.41) is 0. The van der Waals surface area contributed by atoms with E-state index in [2.05, 4.69) is 34.6 Å². The first-order chi connectivity index (χ1) is 8.69. The summed E-state index contributed by atoms with van der Waals surface area (Å²) in [5.74, 6) is 0.477. The van der Waals surface area contributed by atoms with Crippen LogP contribution in [0.3, 0.4) is 0 Å². The maximum absolute atomic E-state index is 11.1. The fourth-order valence-corrected chi connectivity index (χ4v) is 5.09. The van der Waals surface area contributed by atoms with Crippen molar-refractivity contribution in [3.05, 3.63) is 0 Å². The van der Waals surface area contributed by atoms with E-state index in [0.717, 1.165) is 24.4 Å². The molecule has 0 aliphatic carbocycles. The third-order valence-electron chi connectivity index (χ3n) is 3.98. The Hall–Kier alpha value is 0.0869. The second-order valence-electron chi connectivity index (χ2n) is 5.55. The first kappa shape index (κ1) is 19.1. The summed E-state index contributed by atoms with van der Waals surface area (Å²) in [4.78, 5) is 0. The number of hydrogen-bond donors (Lipinski definition) is 0. The summed E-state index contributed by atoms with van der Waals surface area (Å²) in [7, 11) is -4.97. The molecule has 0 rings (SSSR count). The lowest BCUT2D eigenvalue weighted by molar-refractivity contribution is 0.140. The van der Waals surface area contributed by atoms with E-state index in [-0.39, 0.29) is 12.5 Å². The number of rotatable bonds is 10. The average Bonchev–Trinajstić information content (AvgIpc) is 2.33. The lowest BCUT2D eigenvalue weighted by Gasteiger charge is -2.31. The van der Waals surface area contributed by atoms with Crippen molar-refractivity contribution in [3.63, 3.8) is 0 Å². The smallest absolute Gasteiger partial charge is 0.264 e. The summed E-state index contributed by atoms with van der Waals surface area (Å²) >= 11 is 0. The third kappa shape index (κ3) is 7.44. The zero-order valence-corrected chi connectivity index (χ0v) is 15.0. The van der Waals surface area contributed by atoms with Gasteiger partial charge in [0.15, 0.2) is 8.32 Å². The van der Waals surface area contributed by atoms with Gasteiger partial charge in [-0.1, -0.05) is 34.6 Å². The molecule has 0 aliphatic rings. The van der Waals surface area contributed by atoms with Crippen molar-refractivity contribution in [2.45, 2.75) is 52.8 Å². The molecule has 1 atom stereocenters. The summed E-state index contributed by atoms with van der Waals surface area (Å²) in [6.07, 6.45) is 1.09. The van der Waals surface area contributed by atoms with Gasteiger partial charge in [0.05, 0.1) is 12.9 Å². The Morgan fingerprint density at radius 1 is 1.00 bits per heavy atom. The van der Waals surface area contributed by atoms with Crippen molar-refractivity contribution in [2.24, 2.45) is 11.8 Å². The number of hydrogen-bond acceptors (Lipinski definition) is 4. The molecule has 19 heavy (non-hydrogen) atoms. The van der Waals surface area contributed by atoms with Crippen LogP contribution in [0.5, 0.6) is 0 Å². The molecule has 0 aromatic carbocycles. The Morgan fingerprint density at radius 3 is 1.79 bits per heavy atom. The molecule has 1 unspecified atom stereocenters. The van der Waals surface area contributed by atoms with Gasteiger partial charge < -0.3 is 4.43 Å². The molecule has 0 aliphatic heterocycles. The van der Waals surface area contributed by atoms with Crippen LogP contribution in [0.15, 0.2) is 0 Å². The van der Waals surface area contributed by atoms with Gasteiger partial charge in [0.1, 0.15) is 0 Å². The van der Waals surface area contributed by atoms with Crippen LogP contribution in [-0.4, -0.2) is 36.2 Å². The van der Waals surface area contributed by atoms with Crippen molar-refractivity contribution >= 4 is 18.4 Å². The highest BCUT2D eigenvalue weighted by Gasteiger charge is 2.30. The molecule has 6 heteroatoms. The van der Waals surface area contributed by atoms with Crippen LogP contribution in [-0.2, 0) is 18.7 Å². The highest BCUT2D eigenvalue weighted by molar-refractivity contribution is 7.85. The normalized spacial score (nSPS) is 14.9. The molecular weight excluding hydrogens is 280 g/mol. The molecule has 4 nitrogen and oxygen atoms in total. The monoisotopic (exact) mass is 310 g/mol. The van der Waals surface area contributed by atoms with E-state index in [9.17, 15) is 8.42 Å². The topological polar surface area (TPSA) is 52.6 Å². The zero-order valence-electron chi connectivity index (χ0n) is 13.2. The molecule has 0 aromatic heterocycles. The summed E-state index contributed by atoms with van der Waals surface area (Å²) in [5.41, 5.74) is 0. The fraction of sp³-hybridized carbons (Fsp3) is 1.00. The minimum absolute atomic E-state index is 0.131. The van der Waals surface area contributed by atoms with E-state index in [0.29, 0.717) is 12.5 Å². The van der Waals surface area contributed by atoms with Crippen LogP contribution in [0.2, 0.25) is 18.1 Å². The van der Waals surface area contributed by atoms with Gasteiger partial charge in [-0.2, -0.15) is 8.42 Å². The molecule has 0 amide bonds. The van der Waals surface area contributed by atoms with E-state index in [1.54, 1.807) is 0 Å². The standard InChI is InChI=1S/C13H30O4SSi/c1-7-19(8-2,9-3)17-11-13(12(4)5)10-16-18(6,14)15/h12-13H,7-11H2,1-6H3. The van der Waals surface area contributed by atoms with Crippen molar-refractivity contribution in [1.29, 1.82) is 0 Å². The molecule has 0 radical (unpaired) electrons. The second-order valence-corrected chi connectivity index (χ2v) is 12.0. The predicted molar refractivity (Wildman–Crippen MR) is 82.3 cm³/mol. The first-order valence-corrected chi connectivity index (χ1v) is 11.5.